The Morgan fingerprint density at radius 1 is 1.08 bits per heavy atom. The van der Waals surface area contributed by atoms with Crippen LogP contribution < -0.4 is 4.90 Å². The molecule has 2 heterocycles. The second-order valence-corrected chi connectivity index (χ2v) is 6.60. The Bertz CT molecular complexity index is 590. The maximum Gasteiger partial charge on any atom is 0.137 e. The number of hydrogen-bond acceptors (Lipinski definition) is 4. The van der Waals surface area contributed by atoms with Gasteiger partial charge in [0.15, 0.2) is 0 Å². The molecular weight excluding hydrogens is 314 g/mol. The molecule has 0 unspecified atom stereocenters. The summed E-state index contributed by atoms with van der Waals surface area (Å²) in [5.74, 6) is 0.921. The van der Waals surface area contributed by atoms with Crippen molar-refractivity contribution in [3.63, 3.8) is 0 Å². The molecule has 1 aliphatic rings. The molecule has 1 aromatic heterocycles. The molecule has 25 heavy (non-hydrogen) atoms. The molecule has 3 rings (SSSR count). The highest BCUT2D eigenvalue weighted by molar-refractivity contribution is 5.60. The second kappa shape index (κ2) is 9.59. The van der Waals surface area contributed by atoms with Crippen molar-refractivity contribution in [2.75, 3.05) is 38.3 Å². The first-order chi connectivity index (χ1) is 12.4. The van der Waals surface area contributed by atoms with Crippen LogP contribution in [0.2, 0.25) is 0 Å². The second-order valence-electron chi connectivity index (χ2n) is 6.60. The van der Waals surface area contributed by atoms with Crippen LogP contribution >= 0.6 is 0 Å². The van der Waals surface area contributed by atoms with Crippen molar-refractivity contribution >= 4 is 5.69 Å². The lowest BCUT2D eigenvalue weighted by Gasteiger charge is -2.33. The van der Waals surface area contributed by atoms with E-state index in [0.29, 0.717) is 6.10 Å². The van der Waals surface area contributed by atoms with Gasteiger partial charge in [0.1, 0.15) is 5.82 Å². The molecule has 0 atom stereocenters. The minimum Gasteiger partial charge on any atom is -0.385 e. The van der Waals surface area contributed by atoms with Crippen molar-refractivity contribution in [3.8, 4) is 11.4 Å². The molecule has 2 aromatic rings. The SMILES string of the molecule is COCCCCCOC1CCN(c2ccc(-c3ncc[nH]3)cc2)CC1. The minimum atomic E-state index is 0.418. The third-order valence-electron chi connectivity index (χ3n) is 4.79. The van der Waals surface area contributed by atoms with Crippen LogP contribution in [0.5, 0.6) is 0 Å². The Hall–Kier alpha value is -1.85. The van der Waals surface area contributed by atoms with Gasteiger partial charge in [-0.25, -0.2) is 4.98 Å². The normalized spacial score (nSPS) is 15.6. The number of nitrogens with one attached hydrogen (secondary N) is 1. The smallest absolute Gasteiger partial charge is 0.137 e. The lowest BCUT2D eigenvalue weighted by Crippen LogP contribution is -2.37. The molecule has 136 valence electrons. The molecule has 0 radical (unpaired) electrons. The van der Waals surface area contributed by atoms with Gasteiger partial charge in [0.2, 0.25) is 0 Å². The zero-order valence-corrected chi connectivity index (χ0v) is 15.1. The van der Waals surface area contributed by atoms with Gasteiger partial charge in [0.05, 0.1) is 6.10 Å². The first-order valence-electron chi connectivity index (χ1n) is 9.32. The summed E-state index contributed by atoms with van der Waals surface area (Å²) >= 11 is 0. The summed E-state index contributed by atoms with van der Waals surface area (Å²) < 4.78 is 11.1. The van der Waals surface area contributed by atoms with E-state index >= 15 is 0 Å². The molecule has 5 heteroatoms. The van der Waals surface area contributed by atoms with Crippen LogP contribution in [0.25, 0.3) is 11.4 Å². The molecule has 0 spiro atoms. The van der Waals surface area contributed by atoms with E-state index in [1.165, 1.54) is 12.1 Å². The summed E-state index contributed by atoms with van der Waals surface area (Å²) in [5, 5.41) is 0. The molecule has 1 saturated heterocycles. The van der Waals surface area contributed by atoms with Crippen LogP contribution in [0.15, 0.2) is 36.7 Å². The van der Waals surface area contributed by atoms with Gasteiger partial charge in [0, 0.05) is 57.1 Å². The van der Waals surface area contributed by atoms with Crippen LogP contribution in [0.1, 0.15) is 32.1 Å². The van der Waals surface area contributed by atoms with Crippen molar-refractivity contribution in [2.24, 2.45) is 0 Å². The number of unbranched alkanes of at least 4 members (excludes halogenated alkanes) is 2. The Labute approximate surface area is 150 Å². The first kappa shape index (κ1) is 18.0. The van der Waals surface area contributed by atoms with E-state index < -0.39 is 0 Å². The molecule has 0 aliphatic carbocycles. The number of hydrogen-bond donors (Lipinski definition) is 1. The van der Waals surface area contributed by atoms with Crippen molar-refractivity contribution in [3.05, 3.63) is 36.7 Å². The molecule has 1 N–H and O–H groups in total. The quantitative estimate of drug-likeness (QED) is 0.702. The third-order valence-corrected chi connectivity index (χ3v) is 4.79. The first-order valence-corrected chi connectivity index (χ1v) is 9.32. The number of piperidine rings is 1. The highest BCUT2D eigenvalue weighted by Crippen LogP contribution is 2.24. The molecule has 1 fully saturated rings. The van der Waals surface area contributed by atoms with Gasteiger partial charge in [-0.1, -0.05) is 0 Å². The number of rotatable bonds is 9. The van der Waals surface area contributed by atoms with Crippen LogP contribution in [0.4, 0.5) is 5.69 Å². The van der Waals surface area contributed by atoms with Gasteiger partial charge in [0.25, 0.3) is 0 Å². The van der Waals surface area contributed by atoms with Crippen LogP contribution in [0.3, 0.4) is 0 Å². The Morgan fingerprint density at radius 3 is 2.52 bits per heavy atom. The van der Waals surface area contributed by atoms with E-state index in [1.54, 1.807) is 13.3 Å². The average Bonchev–Trinajstić information content (AvgIpc) is 3.20. The average molecular weight is 343 g/mol. The van der Waals surface area contributed by atoms with E-state index in [4.69, 9.17) is 9.47 Å². The summed E-state index contributed by atoms with van der Waals surface area (Å²) in [5.41, 5.74) is 2.41. The topological polar surface area (TPSA) is 50.4 Å². The highest BCUT2D eigenvalue weighted by atomic mass is 16.5. The monoisotopic (exact) mass is 343 g/mol. The Balaban J connectivity index is 1.39. The van der Waals surface area contributed by atoms with Crippen LogP contribution in [-0.2, 0) is 9.47 Å². The Kier molecular flexibility index (Phi) is 6.89. The molecule has 0 bridgehead atoms. The largest absolute Gasteiger partial charge is 0.385 e. The number of aromatic nitrogens is 2. The number of H-pyrrole nitrogens is 1. The number of methoxy groups -OCH3 is 1. The Morgan fingerprint density at radius 2 is 1.84 bits per heavy atom. The number of benzene rings is 1. The zero-order chi connectivity index (χ0) is 17.3. The van der Waals surface area contributed by atoms with E-state index in [1.807, 2.05) is 6.20 Å². The predicted octanol–water partition coefficient (Wildman–Crippen LogP) is 3.88. The van der Waals surface area contributed by atoms with Gasteiger partial charge in [-0.2, -0.15) is 0 Å². The van der Waals surface area contributed by atoms with E-state index in [-0.39, 0.29) is 0 Å². The maximum absolute atomic E-state index is 6.04. The summed E-state index contributed by atoms with van der Waals surface area (Å²) in [6.07, 6.45) is 9.73. The molecule has 5 nitrogen and oxygen atoms in total. The van der Waals surface area contributed by atoms with Crippen LogP contribution in [-0.4, -0.2) is 49.5 Å². The summed E-state index contributed by atoms with van der Waals surface area (Å²) in [7, 11) is 1.76. The highest BCUT2D eigenvalue weighted by Gasteiger charge is 2.19. The van der Waals surface area contributed by atoms with Crippen molar-refractivity contribution < 1.29 is 9.47 Å². The van der Waals surface area contributed by atoms with Gasteiger partial charge in [-0.3, -0.25) is 0 Å². The lowest BCUT2D eigenvalue weighted by atomic mass is 10.1. The third kappa shape index (κ3) is 5.31. The van der Waals surface area contributed by atoms with E-state index in [2.05, 4.69) is 39.1 Å². The van der Waals surface area contributed by atoms with Crippen molar-refractivity contribution in [2.45, 2.75) is 38.2 Å². The lowest BCUT2D eigenvalue weighted by molar-refractivity contribution is 0.0341. The van der Waals surface area contributed by atoms with Gasteiger partial charge >= 0.3 is 0 Å². The predicted molar refractivity (Wildman–Crippen MR) is 101 cm³/mol. The number of anilines is 1. The minimum absolute atomic E-state index is 0.418. The number of nitrogens with zero attached hydrogens (tertiary/aromatic N) is 2. The molecule has 0 amide bonds. The molecular formula is C20H29N3O2. The summed E-state index contributed by atoms with van der Waals surface area (Å²) in [4.78, 5) is 9.89. The van der Waals surface area contributed by atoms with Crippen molar-refractivity contribution in [1.29, 1.82) is 0 Å². The fourth-order valence-corrected chi connectivity index (χ4v) is 3.31. The standard InChI is InChI=1S/C20H29N3O2/c1-24-15-3-2-4-16-25-19-9-13-23(14-10-19)18-7-5-17(6-8-18)20-21-11-12-22-20/h5-8,11-12,19H,2-4,9-10,13-16H2,1H3,(H,21,22). The number of imidazole rings is 1. The summed E-state index contributed by atoms with van der Waals surface area (Å²) in [6, 6.07) is 8.65. The maximum atomic E-state index is 6.04. The van der Waals surface area contributed by atoms with E-state index in [9.17, 15) is 0 Å². The number of ether oxygens (including phenoxy) is 2. The number of aromatic amines is 1. The van der Waals surface area contributed by atoms with Gasteiger partial charge < -0.3 is 19.4 Å². The van der Waals surface area contributed by atoms with Crippen molar-refractivity contribution in [1.82, 2.24) is 9.97 Å². The molecule has 1 aliphatic heterocycles. The molecule has 1 aromatic carbocycles. The van der Waals surface area contributed by atoms with Gasteiger partial charge in [-0.15, -0.1) is 0 Å². The fraction of sp³-hybridized carbons (Fsp3) is 0.550. The van der Waals surface area contributed by atoms with E-state index in [0.717, 1.165) is 63.4 Å². The summed E-state index contributed by atoms with van der Waals surface area (Å²) in [6.45, 7) is 3.87. The molecule has 0 saturated carbocycles. The van der Waals surface area contributed by atoms with Gasteiger partial charge in [-0.05, 0) is 56.4 Å². The zero-order valence-electron chi connectivity index (χ0n) is 15.1. The fourth-order valence-electron chi connectivity index (χ4n) is 3.31. The van der Waals surface area contributed by atoms with Crippen LogP contribution in [0, 0.1) is 0 Å².